The van der Waals surface area contributed by atoms with Crippen molar-refractivity contribution in [2.45, 2.75) is 16.7 Å². The van der Waals surface area contributed by atoms with Gasteiger partial charge in [0.15, 0.2) is 0 Å². The Hall–Kier alpha value is -3.24. The SMILES string of the molecule is Cc1ccc(-c2cc(S(=O)(=O)N3CCNC(=O)C3)ccc2S(N)(=O)=O)c2[nH]cc(C#N)c12. The summed E-state index contributed by atoms with van der Waals surface area (Å²) in [7, 11) is -8.28. The van der Waals surface area contributed by atoms with Crippen molar-refractivity contribution in [2.75, 3.05) is 19.6 Å². The Bertz CT molecular complexity index is 1520. The van der Waals surface area contributed by atoms with Crippen LogP contribution in [0.4, 0.5) is 0 Å². The average molecular weight is 474 g/mol. The van der Waals surface area contributed by atoms with E-state index in [1.165, 1.54) is 12.3 Å². The number of nitrogens with one attached hydrogen (secondary N) is 2. The van der Waals surface area contributed by atoms with Gasteiger partial charge in [-0.15, -0.1) is 0 Å². The molecule has 2 heterocycles. The molecule has 0 saturated carbocycles. The first-order valence-corrected chi connectivity index (χ1v) is 12.5. The normalized spacial score (nSPS) is 15.5. The molecule has 3 aromatic rings. The van der Waals surface area contributed by atoms with E-state index in [1.807, 2.05) is 6.92 Å². The number of rotatable bonds is 4. The number of hydrogen-bond donors (Lipinski definition) is 3. The van der Waals surface area contributed by atoms with Crippen LogP contribution in [0.15, 0.2) is 46.3 Å². The summed E-state index contributed by atoms with van der Waals surface area (Å²) < 4.78 is 52.0. The number of hydrogen-bond acceptors (Lipinski definition) is 6. The summed E-state index contributed by atoms with van der Waals surface area (Å²) in [6.07, 6.45) is 1.50. The van der Waals surface area contributed by atoms with E-state index >= 15 is 0 Å². The number of H-pyrrole nitrogens is 1. The van der Waals surface area contributed by atoms with E-state index in [0.717, 1.165) is 22.0 Å². The molecule has 1 amide bonds. The van der Waals surface area contributed by atoms with Crippen molar-refractivity contribution >= 4 is 36.9 Å². The first-order chi connectivity index (χ1) is 15.0. The van der Waals surface area contributed by atoms with E-state index in [-0.39, 0.29) is 35.0 Å². The van der Waals surface area contributed by atoms with Gasteiger partial charge in [0.05, 0.1) is 27.4 Å². The van der Waals surface area contributed by atoms with Crippen LogP contribution in [0.1, 0.15) is 11.1 Å². The third kappa shape index (κ3) is 3.65. The summed E-state index contributed by atoms with van der Waals surface area (Å²) in [5, 5.41) is 18.0. The number of benzene rings is 2. The molecule has 4 N–H and O–H groups in total. The Labute approximate surface area is 184 Å². The van der Waals surface area contributed by atoms with Crippen molar-refractivity contribution in [3.63, 3.8) is 0 Å². The summed E-state index contributed by atoms with van der Waals surface area (Å²) in [5.74, 6) is -0.420. The second-order valence-corrected chi connectivity index (χ2v) is 10.9. The van der Waals surface area contributed by atoms with Crippen LogP contribution in [0.5, 0.6) is 0 Å². The van der Waals surface area contributed by atoms with Crippen LogP contribution >= 0.6 is 0 Å². The maximum Gasteiger partial charge on any atom is 0.243 e. The number of nitriles is 1. The molecule has 1 saturated heterocycles. The maximum absolute atomic E-state index is 13.2. The predicted molar refractivity (Wildman–Crippen MR) is 116 cm³/mol. The minimum atomic E-state index is -4.21. The molecule has 0 atom stereocenters. The number of amides is 1. The van der Waals surface area contributed by atoms with Gasteiger partial charge in [0.2, 0.25) is 26.0 Å². The van der Waals surface area contributed by atoms with E-state index in [0.29, 0.717) is 22.0 Å². The maximum atomic E-state index is 13.2. The van der Waals surface area contributed by atoms with Crippen molar-refractivity contribution in [3.05, 3.63) is 47.7 Å². The van der Waals surface area contributed by atoms with Crippen LogP contribution in [0.2, 0.25) is 0 Å². The predicted octanol–water partition coefficient (Wildman–Crippen LogP) is 0.783. The van der Waals surface area contributed by atoms with Crippen LogP contribution in [0.3, 0.4) is 0 Å². The fourth-order valence-corrected chi connectivity index (χ4v) is 5.99. The summed E-state index contributed by atoms with van der Waals surface area (Å²) >= 11 is 0. The third-order valence-corrected chi connectivity index (χ3v) is 8.16. The van der Waals surface area contributed by atoms with Gasteiger partial charge in [0.1, 0.15) is 6.07 Å². The molecule has 12 heteroatoms. The monoisotopic (exact) mass is 473 g/mol. The van der Waals surface area contributed by atoms with Gasteiger partial charge in [0.25, 0.3) is 0 Å². The zero-order chi connectivity index (χ0) is 23.3. The van der Waals surface area contributed by atoms with Crippen molar-refractivity contribution in [1.82, 2.24) is 14.6 Å². The highest BCUT2D eigenvalue weighted by molar-refractivity contribution is 7.89. The Morgan fingerprint density at radius 1 is 1.12 bits per heavy atom. The zero-order valence-electron chi connectivity index (χ0n) is 16.9. The largest absolute Gasteiger partial charge is 0.359 e. The molecule has 0 unspecified atom stereocenters. The van der Waals surface area contributed by atoms with Crippen molar-refractivity contribution in [2.24, 2.45) is 5.14 Å². The Balaban J connectivity index is 1.98. The van der Waals surface area contributed by atoms with Crippen molar-refractivity contribution in [3.8, 4) is 17.2 Å². The summed E-state index contributed by atoms with van der Waals surface area (Å²) in [6, 6.07) is 8.98. The Kier molecular flexibility index (Phi) is 5.30. The van der Waals surface area contributed by atoms with Gasteiger partial charge in [-0.1, -0.05) is 12.1 Å². The minimum absolute atomic E-state index is 0.0753. The minimum Gasteiger partial charge on any atom is -0.359 e. The standard InChI is InChI=1S/C20H19N5O5S2/c1-12-2-4-15(20-19(12)13(9-21)10-24-20)16-8-14(3-5-17(16)31(22,27)28)32(29,30)25-7-6-23-18(26)11-25/h2-5,8,10,24H,6-7,11H2,1H3,(H,23,26)(H2,22,27,28). The van der Waals surface area contributed by atoms with Gasteiger partial charge in [-0.3, -0.25) is 4.79 Å². The van der Waals surface area contributed by atoms with Crippen LogP contribution in [0, 0.1) is 18.3 Å². The van der Waals surface area contributed by atoms with E-state index in [4.69, 9.17) is 5.14 Å². The molecule has 166 valence electrons. The molecule has 0 radical (unpaired) electrons. The number of aromatic amines is 1. The molecule has 1 aliphatic heterocycles. The van der Waals surface area contributed by atoms with Crippen LogP contribution < -0.4 is 10.5 Å². The van der Waals surface area contributed by atoms with Gasteiger partial charge >= 0.3 is 0 Å². The fraction of sp³-hybridized carbons (Fsp3) is 0.200. The third-order valence-electron chi connectivity index (χ3n) is 5.35. The van der Waals surface area contributed by atoms with E-state index in [9.17, 15) is 26.9 Å². The number of aryl methyl sites for hydroxylation is 1. The lowest BCUT2D eigenvalue weighted by Crippen LogP contribution is -2.49. The molecule has 10 nitrogen and oxygen atoms in total. The number of sulfonamides is 2. The molecular weight excluding hydrogens is 454 g/mol. The van der Waals surface area contributed by atoms with Crippen LogP contribution in [0.25, 0.3) is 22.0 Å². The van der Waals surface area contributed by atoms with Crippen molar-refractivity contribution < 1.29 is 21.6 Å². The first kappa shape index (κ1) is 22.0. The number of carbonyl (C=O) groups excluding carboxylic acids is 1. The molecule has 4 rings (SSSR count). The molecule has 0 bridgehead atoms. The summed E-state index contributed by atoms with van der Waals surface area (Å²) in [4.78, 5) is 14.2. The van der Waals surface area contributed by atoms with Gasteiger partial charge in [-0.05, 0) is 30.7 Å². The highest BCUT2D eigenvalue weighted by Crippen LogP contribution is 2.36. The molecule has 1 aliphatic rings. The van der Waals surface area contributed by atoms with Crippen LogP contribution in [-0.2, 0) is 24.8 Å². The molecule has 1 aromatic heterocycles. The summed E-state index contributed by atoms with van der Waals surface area (Å²) in [6.45, 7) is 1.75. The quantitative estimate of drug-likeness (QED) is 0.506. The second kappa shape index (κ2) is 7.72. The molecule has 1 fully saturated rings. The number of nitrogens with two attached hydrogens (primary N) is 1. The van der Waals surface area contributed by atoms with Gasteiger partial charge in [0, 0.05) is 35.8 Å². The molecule has 0 spiro atoms. The zero-order valence-corrected chi connectivity index (χ0v) is 18.5. The number of piperazine rings is 1. The lowest BCUT2D eigenvalue weighted by atomic mass is 9.99. The molecule has 0 aliphatic carbocycles. The fourth-order valence-electron chi connectivity index (χ4n) is 3.83. The first-order valence-electron chi connectivity index (χ1n) is 9.49. The topological polar surface area (TPSA) is 166 Å². The lowest BCUT2D eigenvalue weighted by molar-refractivity contribution is -0.122. The smallest absolute Gasteiger partial charge is 0.243 e. The van der Waals surface area contributed by atoms with Gasteiger partial charge < -0.3 is 10.3 Å². The number of aromatic nitrogens is 1. The van der Waals surface area contributed by atoms with E-state index in [2.05, 4.69) is 16.4 Å². The van der Waals surface area contributed by atoms with Crippen LogP contribution in [-0.4, -0.2) is 51.7 Å². The number of fused-ring (bicyclic) bond motifs is 1. The molecular formula is C20H19N5O5S2. The van der Waals surface area contributed by atoms with Gasteiger partial charge in [-0.25, -0.2) is 22.0 Å². The number of nitrogens with zero attached hydrogens (tertiary/aromatic N) is 2. The summed E-state index contributed by atoms with van der Waals surface area (Å²) in [5.41, 5.74) is 2.11. The second-order valence-electron chi connectivity index (χ2n) is 7.39. The van der Waals surface area contributed by atoms with Gasteiger partial charge in [-0.2, -0.15) is 9.57 Å². The lowest BCUT2D eigenvalue weighted by Gasteiger charge is -2.26. The number of carbonyl (C=O) groups is 1. The average Bonchev–Trinajstić information content (AvgIpc) is 3.18. The van der Waals surface area contributed by atoms with E-state index < -0.39 is 26.0 Å². The Morgan fingerprint density at radius 2 is 1.88 bits per heavy atom. The number of primary sulfonamides is 1. The molecule has 32 heavy (non-hydrogen) atoms. The highest BCUT2D eigenvalue weighted by Gasteiger charge is 2.31. The Morgan fingerprint density at radius 3 is 2.53 bits per heavy atom. The highest BCUT2D eigenvalue weighted by atomic mass is 32.2. The van der Waals surface area contributed by atoms with Crippen molar-refractivity contribution in [1.29, 1.82) is 5.26 Å². The van der Waals surface area contributed by atoms with E-state index in [1.54, 1.807) is 12.1 Å². The molecule has 2 aromatic carbocycles.